The van der Waals surface area contributed by atoms with Gasteiger partial charge in [0.15, 0.2) is 6.61 Å². The van der Waals surface area contributed by atoms with E-state index in [4.69, 9.17) is 27.9 Å². The number of halogens is 2. The van der Waals surface area contributed by atoms with E-state index in [0.717, 1.165) is 4.31 Å². The lowest BCUT2D eigenvalue weighted by atomic mass is 10.2. The van der Waals surface area contributed by atoms with Crippen molar-refractivity contribution in [2.24, 2.45) is 0 Å². The molecule has 0 saturated heterocycles. The summed E-state index contributed by atoms with van der Waals surface area (Å²) < 4.78 is 31.3. The Labute approximate surface area is 183 Å². The van der Waals surface area contributed by atoms with Crippen molar-refractivity contribution in [3.05, 3.63) is 52.3 Å². The molecule has 0 spiro atoms. The molecule has 8 nitrogen and oxygen atoms in total. The van der Waals surface area contributed by atoms with Crippen LogP contribution in [0.1, 0.15) is 5.56 Å². The molecule has 0 aliphatic carbocycles. The molecule has 0 fully saturated rings. The molecule has 3 rings (SSSR count). The molecular formula is C19H18Cl2N4O4S. The van der Waals surface area contributed by atoms with Crippen molar-refractivity contribution in [1.82, 2.24) is 14.3 Å². The van der Waals surface area contributed by atoms with Crippen molar-refractivity contribution in [3.63, 3.8) is 0 Å². The third kappa shape index (κ3) is 4.65. The highest BCUT2D eigenvalue weighted by atomic mass is 35.5. The van der Waals surface area contributed by atoms with Crippen LogP contribution in [0.3, 0.4) is 0 Å². The van der Waals surface area contributed by atoms with E-state index in [1.807, 2.05) is 0 Å². The van der Waals surface area contributed by atoms with Gasteiger partial charge in [-0.3, -0.25) is 4.79 Å². The first-order chi connectivity index (χ1) is 14.1. The molecule has 30 heavy (non-hydrogen) atoms. The van der Waals surface area contributed by atoms with Gasteiger partial charge in [0.25, 0.3) is 5.91 Å². The number of rotatable bonds is 6. The summed E-state index contributed by atoms with van der Waals surface area (Å²) in [5.74, 6) is -0.336. The van der Waals surface area contributed by atoms with Gasteiger partial charge in [0.05, 0.1) is 20.8 Å². The van der Waals surface area contributed by atoms with Crippen LogP contribution in [-0.4, -0.2) is 49.3 Å². The number of carbonyl (C=O) groups excluding carboxylic acids is 1. The fourth-order valence-corrected chi connectivity index (χ4v) is 4.08. The van der Waals surface area contributed by atoms with E-state index in [1.54, 1.807) is 25.1 Å². The van der Waals surface area contributed by atoms with Gasteiger partial charge in [0.1, 0.15) is 6.33 Å². The van der Waals surface area contributed by atoms with E-state index in [0.29, 0.717) is 32.2 Å². The number of hydrogen-bond donors (Lipinski definition) is 1. The summed E-state index contributed by atoms with van der Waals surface area (Å²) >= 11 is 12.2. The Balaban J connectivity index is 1.78. The van der Waals surface area contributed by atoms with E-state index in [9.17, 15) is 13.2 Å². The van der Waals surface area contributed by atoms with Crippen LogP contribution < -0.4 is 10.1 Å². The zero-order valence-corrected chi connectivity index (χ0v) is 18.6. The average Bonchev–Trinajstić information content (AvgIpc) is 2.67. The van der Waals surface area contributed by atoms with Gasteiger partial charge < -0.3 is 10.1 Å². The van der Waals surface area contributed by atoms with E-state index >= 15 is 0 Å². The summed E-state index contributed by atoms with van der Waals surface area (Å²) in [5.41, 5.74) is 1.51. The summed E-state index contributed by atoms with van der Waals surface area (Å²) in [5, 5.41) is 3.85. The van der Waals surface area contributed by atoms with Crippen LogP contribution in [-0.2, 0) is 14.8 Å². The largest absolute Gasteiger partial charge is 0.467 e. The third-order valence-electron chi connectivity index (χ3n) is 4.22. The molecule has 0 saturated carbocycles. The van der Waals surface area contributed by atoms with Gasteiger partial charge in [-0.15, -0.1) is 0 Å². The molecule has 1 heterocycles. The molecule has 1 aromatic heterocycles. The molecule has 11 heteroatoms. The first-order valence-corrected chi connectivity index (χ1v) is 10.8. The average molecular weight is 469 g/mol. The van der Waals surface area contributed by atoms with Gasteiger partial charge >= 0.3 is 0 Å². The van der Waals surface area contributed by atoms with Crippen molar-refractivity contribution in [3.8, 4) is 5.88 Å². The molecule has 0 aliphatic heterocycles. The fourth-order valence-electron chi connectivity index (χ4n) is 2.61. The van der Waals surface area contributed by atoms with Gasteiger partial charge in [-0.1, -0.05) is 29.3 Å². The summed E-state index contributed by atoms with van der Waals surface area (Å²) in [6.07, 6.45) is 1.27. The van der Waals surface area contributed by atoms with E-state index < -0.39 is 15.9 Å². The number of ether oxygens (including phenoxy) is 1. The second-order valence-corrected chi connectivity index (χ2v) is 9.56. The van der Waals surface area contributed by atoms with Gasteiger partial charge in [-0.25, -0.2) is 22.7 Å². The molecule has 0 radical (unpaired) electrons. The number of amides is 1. The maximum Gasteiger partial charge on any atom is 0.262 e. The summed E-state index contributed by atoms with van der Waals surface area (Å²) in [6.45, 7) is 1.39. The second-order valence-electron chi connectivity index (χ2n) is 6.56. The van der Waals surface area contributed by atoms with E-state index in [1.165, 1.54) is 32.6 Å². The van der Waals surface area contributed by atoms with E-state index in [2.05, 4.69) is 15.3 Å². The van der Waals surface area contributed by atoms with Crippen LogP contribution in [0.4, 0.5) is 5.69 Å². The van der Waals surface area contributed by atoms with Crippen molar-refractivity contribution < 1.29 is 17.9 Å². The van der Waals surface area contributed by atoms with Crippen molar-refractivity contribution >= 4 is 55.7 Å². The molecule has 158 valence electrons. The molecule has 1 amide bonds. The predicted octanol–water partition coefficient (Wildman–Crippen LogP) is 3.51. The lowest BCUT2D eigenvalue weighted by Crippen LogP contribution is -2.23. The van der Waals surface area contributed by atoms with Gasteiger partial charge in [-0.05, 0) is 36.8 Å². The SMILES string of the molecule is Cc1ccc(S(=O)(=O)N(C)C)cc1NC(=O)COc1ncnc2c(Cl)cc(Cl)cc12. The monoisotopic (exact) mass is 468 g/mol. The number of carbonyl (C=O) groups is 1. The smallest absolute Gasteiger partial charge is 0.262 e. The standard InChI is InChI=1S/C19H18Cl2N4O4S/c1-11-4-5-13(30(27,28)25(2)3)8-16(11)24-17(26)9-29-19-14-6-12(20)7-15(21)18(14)22-10-23-19/h4-8,10H,9H2,1-3H3,(H,24,26). The highest BCUT2D eigenvalue weighted by Gasteiger charge is 2.19. The number of nitrogens with one attached hydrogen (secondary N) is 1. The van der Waals surface area contributed by atoms with Crippen molar-refractivity contribution in [2.75, 3.05) is 26.0 Å². The molecule has 0 atom stereocenters. The predicted molar refractivity (Wildman–Crippen MR) is 116 cm³/mol. The topological polar surface area (TPSA) is 101 Å². The number of sulfonamides is 1. The molecule has 1 N–H and O–H groups in total. The van der Waals surface area contributed by atoms with Crippen molar-refractivity contribution in [2.45, 2.75) is 11.8 Å². The zero-order chi connectivity index (χ0) is 22.1. The normalized spacial score (nSPS) is 11.7. The number of nitrogens with zero attached hydrogens (tertiary/aromatic N) is 3. The maximum absolute atomic E-state index is 12.4. The Morgan fingerprint density at radius 1 is 1.17 bits per heavy atom. The first kappa shape index (κ1) is 22.2. The van der Waals surface area contributed by atoms with Crippen LogP contribution in [0, 0.1) is 6.92 Å². The van der Waals surface area contributed by atoms with Gasteiger partial charge in [0.2, 0.25) is 15.9 Å². The van der Waals surface area contributed by atoms with Crippen LogP contribution in [0.5, 0.6) is 5.88 Å². The Hall–Kier alpha value is -2.46. The van der Waals surface area contributed by atoms with Crippen LogP contribution in [0.15, 0.2) is 41.6 Å². The van der Waals surface area contributed by atoms with E-state index in [-0.39, 0.29) is 17.4 Å². The number of aryl methyl sites for hydroxylation is 1. The minimum atomic E-state index is -3.63. The highest BCUT2D eigenvalue weighted by molar-refractivity contribution is 7.89. The summed E-state index contributed by atoms with van der Waals surface area (Å²) in [4.78, 5) is 20.6. The summed E-state index contributed by atoms with van der Waals surface area (Å²) in [7, 11) is -0.758. The van der Waals surface area contributed by atoms with Crippen LogP contribution >= 0.6 is 23.2 Å². The number of benzene rings is 2. The Morgan fingerprint density at radius 2 is 1.90 bits per heavy atom. The second kappa shape index (κ2) is 8.73. The Kier molecular flexibility index (Phi) is 6.47. The van der Waals surface area contributed by atoms with Gasteiger partial charge in [0, 0.05) is 24.8 Å². The quantitative estimate of drug-likeness (QED) is 0.593. The molecule has 3 aromatic rings. The fraction of sp³-hybridized carbons (Fsp3) is 0.211. The molecule has 2 aromatic carbocycles. The third-order valence-corrected chi connectivity index (χ3v) is 6.54. The zero-order valence-electron chi connectivity index (χ0n) is 16.3. The molecule has 0 aliphatic rings. The molecule has 0 unspecified atom stereocenters. The molecule has 0 bridgehead atoms. The first-order valence-electron chi connectivity index (χ1n) is 8.65. The molecular weight excluding hydrogens is 451 g/mol. The van der Waals surface area contributed by atoms with Gasteiger partial charge in [-0.2, -0.15) is 0 Å². The number of anilines is 1. The lowest BCUT2D eigenvalue weighted by Gasteiger charge is -2.14. The number of hydrogen-bond acceptors (Lipinski definition) is 6. The Morgan fingerprint density at radius 3 is 2.60 bits per heavy atom. The van der Waals surface area contributed by atoms with Crippen LogP contribution in [0.2, 0.25) is 10.0 Å². The minimum Gasteiger partial charge on any atom is -0.467 e. The lowest BCUT2D eigenvalue weighted by molar-refractivity contribution is -0.118. The Bertz CT molecular complexity index is 1230. The number of aromatic nitrogens is 2. The summed E-state index contributed by atoms with van der Waals surface area (Å²) in [6, 6.07) is 7.65. The maximum atomic E-state index is 12.4. The number of fused-ring (bicyclic) bond motifs is 1. The van der Waals surface area contributed by atoms with Crippen molar-refractivity contribution in [1.29, 1.82) is 0 Å². The van der Waals surface area contributed by atoms with Crippen LogP contribution in [0.25, 0.3) is 10.9 Å². The minimum absolute atomic E-state index is 0.0698. The highest BCUT2D eigenvalue weighted by Crippen LogP contribution is 2.30.